The van der Waals surface area contributed by atoms with E-state index < -0.39 is 0 Å². The van der Waals surface area contributed by atoms with Crippen LogP contribution in [0.3, 0.4) is 0 Å². The van der Waals surface area contributed by atoms with Gasteiger partial charge in [-0.3, -0.25) is 0 Å². The number of hydrogen-bond acceptors (Lipinski definition) is 6. The van der Waals surface area contributed by atoms with Gasteiger partial charge in [-0.15, -0.1) is 10.2 Å². The van der Waals surface area contributed by atoms with Crippen molar-refractivity contribution in [3.63, 3.8) is 0 Å². The molecule has 5 aromatic rings. The van der Waals surface area contributed by atoms with Crippen LogP contribution in [0, 0.1) is 0 Å². The van der Waals surface area contributed by atoms with Gasteiger partial charge >= 0.3 is 0 Å². The molecule has 1 N–H and O–H groups in total. The Morgan fingerprint density at radius 2 is 1.24 bits per heavy atom. The van der Waals surface area contributed by atoms with Crippen molar-refractivity contribution in [2.45, 2.75) is 0 Å². The maximum Gasteiger partial charge on any atom is 0.263 e. The van der Waals surface area contributed by atoms with Crippen molar-refractivity contribution in [1.82, 2.24) is 15.2 Å². The first kappa shape index (κ1) is 21.0. The molecule has 0 aliphatic carbocycles. The lowest BCUT2D eigenvalue weighted by atomic mass is 10.0. The van der Waals surface area contributed by atoms with Crippen molar-refractivity contribution in [3.05, 3.63) is 121 Å². The molecule has 6 nitrogen and oxygen atoms in total. The molecular weight excluding hydrogens is 422 g/mol. The number of nitrogens with one attached hydrogen (secondary N) is 1. The molecule has 0 radical (unpaired) electrons. The van der Waals surface area contributed by atoms with Crippen LogP contribution < -0.4 is 10.2 Å². The summed E-state index contributed by atoms with van der Waals surface area (Å²) in [6, 6.07) is 37.1. The van der Waals surface area contributed by atoms with E-state index in [2.05, 4.69) is 20.7 Å². The molecule has 34 heavy (non-hydrogen) atoms. The Bertz CT molecular complexity index is 1390. The fourth-order valence-electron chi connectivity index (χ4n) is 3.41. The highest BCUT2D eigenvalue weighted by Gasteiger charge is 2.13. The lowest BCUT2D eigenvalue weighted by Crippen LogP contribution is -2.03. The van der Waals surface area contributed by atoms with Crippen LogP contribution in [0.15, 0.2) is 120 Å². The molecule has 1 aromatic heterocycles. The molecule has 0 aliphatic heterocycles. The average molecular weight is 444 g/mol. The fourth-order valence-corrected chi connectivity index (χ4v) is 3.41. The quantitative estimate of drug-likeness (QED) is 0.231. The van der Waals surface area contributed by atoms with E-state index in [9.17, 15) is 0 Å². The first-order valence-electron chi connectivity index (χ1n) is 10.8. The first-order valence-corrected chi connectivity index (χ1v) is 10.8. The minimum Gasteiger partial charge on any atom is -0.457 e. The van der Waals surface area contributed by atoms with Crippen molar-refractivity contribution < 1.29 is 4.74 Å². The normalized spacial score (nSPS) is 10.8. The van der Waals surface area contributed by atoms with Crippen molar-refractivity contribution in [2.75, 3.05) is 5.43 Å². The maximum absolute atomic E-state index is 5.89. The largest absolute Gasteiger partial charge is 0.457 e. The molecule has 0 amide bonds. The number of para-hydroxylation sites is 1. The van der Waals surface area contributed by atoms with Gasteiger partial charge in [0.2, 0.25) is 0 Å². The van der Waals surface area contributed by atoms with Crippen molar-refractivity contribution >= 4 is 12.2 Å². The first-order chi connectivity index (χ1) is 16.8. The predicted molar refractivity (Wildman–Crippen MR) is 135 cm³/mol. The summed E-state index contributed by atoms with van der Waals surface area (Å²) >= 11 is 0. The lowest BCUT2D eigenvalue weighted by molar-refractivity contribution is 0.482. The van der Waals surface area contributed by atoms with E-state index in [1.165, 1.54) is 0 Å². The van der Waals surface area contributed by atoms with Gasteiger partial charge in [0.1, 0.15) is 22.9 Å². The van der Waals surface area contributed by atoms with E-state index in [1.54, 1.807) is 6.21 Å². The van der Waals surface area contributed by atoms with Gasteiger partial charge in [0, 0.05) is 11.1 Å². The smallest absolute Gasteiger partial charge is 0.263 e. The molecule has 4 aromatic carbocycles. The zero-order valence-electron chi connectivity index (χ0n) is 18.2. The molecule has 0 aliphatic rings. The summed E-state index contributed by atoms with van der Waals surface area (Å²) in [4.78, 5) is 4.70. The SMILES string of the molecule is C(=N/Nc1nnc(-c2ccccc2)c(-c2ccccc2)n1)/c1cccc(Oc2ccccc2)c1. The molecule has 0 bridgehead atoms. The third-order valence-corrected chi connectivity index (χ3v) is 5.00. The van der Waals surface area contributed by atoms with Gasteiger partial charge in [-0.05, 0) is 29.8 Å². The topological polar surface area (TPSA) is 72.3 Å². The van der Waals surface area contributed by atoms with Crippen LogP contribution in [0.5, 0.6) is 11.5 Å². The highest BCUT2D eigenvalue weighted by atomic mass is 16.5. The summed E-state index contributed by atoms with van der Waals surface area (Å²) in [5.41, 5.74) is 7.12. The van der Waals surface area contributed by atoms with Gasteiger partial charge in [0.15, 0.2) is 0 Å². The third-order valence-electron chi connectivity index (χ3n) is 5.00. The summed E-state index contributed by atoms with van der Waals surface area (Å²) in [5.74, 6) is 1.82. The molecule has 0 atom stereocenters. The standard InChI is InChI=1S/C28H21N5O/c1-4-12-22(13-5-1)26-27(23-14-6-2-7-15-23)31-33-28(30-26)32-29-20-21-11-10-18-25(19-21)34-24-16-8-3-9-17-24/h1-20H,(H,30,32,33)/b29-20-. The van der Waals surface area contributed by atoms with Crippen LogP contribution in [0.4, 0.5) is 5.95 Å². The van der Waals surface area contributed by atoms with Gasteiger partial charge in [0.05, 0.1) is 6.21 Å². The Balaban J connectivity index is 1.36. The molecule has 0 fully saturated rings. The summed E-state index contributed by atoms with van der Waals surface area (Å²) < 4.78 is 5.89. The van der Waals surface area contributed by atoms with Crippen molar-refractivity contribution in [1.29, 1.82) is 0 Å². The van der Waals surface area contributed by atoms with Crippen LogP contribution in [-0.4, -0.2) is 21.4 Å². The Kier molecular flexibility index (Phi) is 6.30. The molecule has 164 valence electrons. The minimum atomic E-state index is 0.312. The molecule has 6 heteroatoms. The summed E-state index contributed by atoms with van der Waals surface area (Å²) in [6.07, 6.45) is 1.69. The molecule has 0 saturated carbocycles. The van der Waals surface area contributed by atoms with Crippen LogP contribution in [0.1, 0.15) is 5.56 Å². The highest BCUT2D eigenvalue weighted by molar-refractivity contribution is 5.81. The number of nitrogens with zero attached hydrogens (tertiary/aromatic N) is 4. The lowest BCUT2D eigenvalue weighted by Gasteiger charge is -2.09. The number of hydrogen-bond donors (Lipinski definition) is 1. The number of anilines is 1. The molecule has 5 rings (SSSR count). The van der Waals surface area contributed by atoms with E-state index in [0.29, 0.717) is 11.6 Å². The van der Waals surface area contributed by atoms with Crippen LogP contribution >= 0.6 is 0 Å². The summed E-state index contributed by atoms with van der Waals surface area (Å²) in [5, 5.41) is 13.0. The maximum atomic E-state index is 5.89. The van der Waals surface area contributed by atoms with Gasteiger partial charge in [-0.25, -0.2) is 10.4 Å². The fraction of sp³-hybridized carbons (Fsp3) is 0. The Hall–Kier alpha value is -4.84. The van der Waals surface area contributed by atoms with Crippen molar-refractivity contribution in [3.8, 4) is 34.0 Å². The number of aromatic nitrogens is 3. The number of benzene rings is 4. The van der Waals surface area contributed by atoms with Gasteiger partial charge in [-0.1, -0.05) is 91.0 Å². The monoisotopic (exact) mass is 443 g/mol. The Labute approximate surface area is 197 Å². The second-order valence-corrected chi connectivity index (χ2v) is 7.42. The number of ether oxygens (including phenoxy) is 1. The van der Waals surface area contributed by atoms with Crippen molar-refractivity contribution in [2.24, 2.45) is 5.10 Å². The highest BCUT2D eigenvalue weighted by Crippen LogP contribution is 2.28. The number of rotatable bonds is 7. The Morgan fingerprint density at radius 3 is 1.94 bits per heavy atom. The minimum absolute atomic E-state index is 0.312. The second kappa shape index (κ2) is 10.2. The van der Waals surface area contributed by atoms with Crippen LogP contribution in [0.25, 0.3) is 22.5 Å². The molecule has 0 saturated heterocycles. The third kappa shape index (κ3) is 5.14. The molecule has 1 heterocycles. The predicted octanol–water partition coefficient (Wildman–Crippen LogP) is 6.44. The van der Waals surface area contributed by atoms with Gasteiger partial charge < -0.3 is 4.74 Å². The zero-order chi connectivity index (χ0) is 23.0. The molecular formula is C28H21N5O. The number of hydrazone groups is 1. The zero-order valence-corrected chi connectivity index (χ0v) is 18.2. The van der Waals surface area contributed by atoms with E-state index in [0.717, 1.165) is 33.9 Å². The van der Waals surface area contributed by atoms with Gasteiger partial charge in [0.25, 0.3) is 5.95 Å². The van der Waals surface area contributed by atoms with E-state index in [-0.39, 0.29) is 0 Å². The van der Waals surface area contributed by atoms with Crippen LogP contribution in [0.2, 0.25) is 0 Å². The van der Waals surface area contributed by atoms with Gasteiger partial charge in [-0.2, -0.15) is 5.10 Å². The summed E-state index contributed by atoms with van der Waals surface area (Å²) in [6.45, 7) is 0. The van der Waals surface area contributed by atoms with E-state index in [4.69, 9.17) is 9.72 Å². The molecule has 0 unspecified atom stereocenters. The Morgan fingerprint density at radius 1 is 0.618 bits per heavy atom. The van der Waals surface area contributed by atoms with Crippen LogP contribution in [-0.2, 0) is 0 Å². The average Bonchev–Trinajstić information content (AvgIpc) is 2.90. The second-order valence-electron chi connectivity index (χ2n) is 7.42. The van der Waals surface area contributed by atoms with E-state index >= 15 is 0 Å². The summed E-state index contributed by atoms with van der Waals surface area (Å²) in [7, 11) is 0. The molecule has 0 spiro atoms. The van der Waals surface area contributed by atoms with E-state index in [1.807, 2.05) is 115 Å².